The minimum absolute atomic E-state index is 0.303. The fourth-order valence-electron chi connectivity index (χ4n) is 2.97. The Bertz CT molecular complexity index is 444. The van der Waals surface area contributed by atoms with E-state index < -0.39 is 0 Å². The first-order valence-corrected chi connectivity index (χ1v) is 7.80. The number of rotatable bonds is 5. The largest absolute Gasteiger partial charge is 0.385 e. The van der Waals surface area contributed by atoms with Gasteiger partial charge in [-0.3, -0.25) is 4.79 Å². The number of likely N-dealkylation sites (tertiary alicyclic amines) is 1. The van der Waals surface area contributed by atoms with Crippen molar-refractivity contribution in [2.75, 3.05) is 18.4 Å². The highest BCUT2D eigenvalue weighted by molar-refractivity contribution is 5.77. The zero-order valence-corrected chi connectivity index (χ0v) is 12.7. The standard InChI is InChI=1S/C17H26N2O/c1-3-16-9-4-5-12-19(16)17(20)10-11-18-15-8-6-7-14(2)13-15/h6-8,13,16,18H,3-5,9-12H2,1-2H3. The molecule has 0 saturated carbocycles. The molecule has 0 radical (unpaired) electrons. The van der Waals surface area contributed by atoms with Crippen molar-refractivity contribution in [1.29, 1.82) is 0 Å². The molecule has 1 aliphatic rings. The summed E-state index contributed by atoms with van der Waals surface area (Å²) in [5.41, 5.74) is 2.34. The smallest absolute Gasteiger partial charge is 0.224 e. The Morgan fingerprint density at radius 1 is 1.40 bits per heavy atom. The minimum atomic E-state index is 0.303. The lowest BCUT2D eigenvalue weighted by Gasteiger charge is -2.35. The molecule has 1 heterocycles. The van der Waals surface area contributed by atoms with E-state index in [4.69, 9.17) is 0 Å². The van der Waals surface area contributed by atoms with Crippen molar-refractivity contribution < 1.29 is 4.79 Å². The normalized spacial score (nSPS) is 18.9. The van der Waals surface area contributed by atoms with E-state index in [-0.39, 0.29) is 0 Å². The van der Waals surface area contributed by atoms with Gasteiger partial charge < -0.3 is 10.2 Å². The Morgan fingerprint density at radius 2 is 2.25 bits per heavy atom. The number of benzene rings is 1. The molecule has 0 bridgehead atoms. The predicted octanol–water partition coefficient (Wildman–Crippen LogP) is 3.59. The van der Waals surface area contributed by atoms with Crippen LogP contribution in [0.3, 0.4) is 0 Å². The van der Waals surface area contributed by atoms with Crippen LogP contribution in [0.5, 0.6) is 0 Å². The third-order valence-corrected chi connectivity index (χ3v) is 4.10. The molecule has 1 aliphatic heterocycles. The third kappa shape index (κ3) is 3.99. The summed E-state index contributed by atoms with van der Waals surface area (Å²) in [5, 5.41) is 3.34. The average Bonchev–Trinajstić information content (AvgIpc) is 2.47. The van der Waals surface area contributed by atoms with Gasteiger partial charge in [-0.05, 0) is 50.3 Å². The highest BCUT2D eigenvalue weighted by atomic mass is 16.2. The molecule has 1 amide bonds. The van der Waals surface area contributed by atoms with Crippen LogP contribution in [0.1, 0.15) is 44.6 Å². The number of anilines is 1. The number of hydrogen-bond donors (Lipinski definition) is 1. The molecule has 1 atom stereocenters. The molecule has 1 aromatic rings. The van der Waals surface area contributed by atoms with Gasteiger partial charge in [-0.2, -0.15) is 0 Å². The highest BCUT2D eigenvalue weighted by Gasteiger charge is 2.24. The highest BCUT2D eigenvalue weighted by Crippen LogP contribution is 2.20. The molecule has 0 spiro atoms. The molecular formula is C17H26N2O. The quantitative estimate of drug-likeness (QED) is 0.890. The van der Waals surface area contributed by atoms with Crippen LogP contribution in [0.15, 0.2) is 24.3 Å². The van der Waals surface area contributed by atoms with Gasteiger partial charge in [0, 0.05) is 31.2 Å². The van der Waals surface area contributed by atoms with Crippen molar-refractivity contribution >= 4 is 11.6 Å². The maximum Gasteiger partial charge on any atom is 0.224 e. The minimum Gasteiger partial charge on any atom is -0.385 e. The number of aryl methyl sites for hydroxylation is 1. The van der Waals surface area contributed by atoms with Gasteiger partial charge in [0.2, 0.25) is 5.91 Å². The lowest BCUT2D eigenvalue weighted by Crippen LogP contribution is -2.43. The molecule has 20 heavy (non-hydrogen) atoms. The Morgan fingerprint density at radius 3 is 3.00 bits per heavy atom. The molecule has 2 rings (SSSR count). The van der Waals surface area contributed by atoms with E-state index in [1.165, 1.54) is 18.4 Å². The topological polar surface area (TPSA) is 32.3 Å². The lowest BCUT2D eigenvalue weighted by molar-refractivity contribution is -0.134. The Labute approximate surface area is 122 Å². The second-order valence-electron chi connectivity index (χ2n) is 5.69. The Kier molecular flexibility index (Phi) is 5.45. The van der Waals surface area contributed by atoms with Crippen LogP contribution >= 0.6 is 0 Å². The molecule has 110 valence electrons. The van der Waals surface area contributed by atoms with Crippen LogP contribution in [0.25, 0.3) is 0 Å². The van der Waals surface area contributed by atoms with Gasteiger partial charge in [-0.15, -0.1) is 0 Å². The summed E-state index contributed by atoms with van der Waals surface area (Å²) in [6, 6.07) is 8.75. The van der Waals surface area contributed by atoms with Crippen LogP contribution in [0.4, 0.5) is 5.69 Å². The number of hydrogen-bond acceptors (Lipinski definition) is 2. The molecule has 1 saturated heterocycles. The number of nitrogens with zero attached hydrogens (tertiary/aromatic N) is 1. The Hall–Kier alpha value is -1.51. The molecule has 1 fully saturated rings. The number of amides is 1. The summed E-state index contributed by atoms with van der Waals surface area (Å²) in [5.74, 6) is 0.303. The summed E-state index contributed by atoms with van der Waals surface area (Å²) < 4.78 is 0. The van der Waals surface area contributed by atoms with E-state index in [2.05, 4.69) is 36.2 Å². The van der Waals surface area contributed by atoms with Crippen LogP contribution in [0.2, 0.25) is 0 Å². The van der Waals surface area contributed by atoms with Crippen molar-refractivity contribution in [3.63, 3.8) is 0 Å². The van der Waals surface area contributed by atoms with Gasteiger partial charge in [0.25, 0.3) is 0 Å². The van der Waals surface area contributed by atoms with E-state index in [1.807, 2.05) is 12.1 Å². The van der Waals surface area contributed by atoms with Crippen LogP contribution in [-0.2, 0) is 4.79 Å². The van der Waals surface area contributed by atoms with E-state index in [9.17, 15) is 4.79 Å². The van der Waals surface area contributed by atoms with Crippen LogP contribution in [-0.4, -0.2) is 29.9 Å². The first-order chi connectivity index (χ1) is 9.70. The molecule has 0 aliphatic carbocycles. The van der Waals surface area contributed by atoms with E-state index in [0.717, 1.165) is 31.6 Å². The van der Waals surface area contributed by atoms with E-state index in [1.54, 1.807) is 0 Å². The monoisotopic (exact) mass is 274 g/mol. The first kappa shape index (κ1) is 14.9. The maximum atomic E-state index is 12.3. The van der Waals surface area contributed by atoms with Gasteiger partial charge in [-0.1, -0.05) is 19.1 Å². The van der Waals surface area contributed by atoms with E-state index in [0.29, 0.717) is 18.4 Å². The summed E-state index contributed by atoms with van der Waals surface area (Å²) in [6.45, 7) is 5.92. The van der Waals surface area contributed by atoms with Crippen LogP contribution < -0.4 is 5.32 Å². The first-order valence-electron chi connectivity index (χ1n) is 7.80. The maximum absolute atomic E-state index is 12.3. The molecule has 3 nitrogen and oxygen atoms in total. The summed E-state index contributed by atoms with van der Waals surface area (Å²) >= 11 is 0. The second kappa shape index (κ2) is 7.32. The lowest BCUT2D eigenvalue weighted by atomic mass is 9.99. The van der Waals surface area contributed by atoms with Gasteiger partial charge in [0.1, 0.15) is 0 Å². The summed E-state index contributed by atoms with van der Waals surface area (Å²) in [4.78, 5) is 14.4. The van der Waals surface area contributed by atoms with Crippen molar-refractivity contribution in [2.24, 2.45) is 0 Å². The van der Waals surface area contributed by atoms with Gasteiger partial charge in [0.05, 0.1) is 0 Å². The summed E-state index contributed by atoms with van der Waals surface area (Å²) in [7, 11) is 0. The van der Waals surface area contributed by atoms with Crippen molar-refractivity contribution in [2.45, 2.75) is 52.0 Å². The van der Waals surface area contributed by atoms with Gasteiger partial charge in [-0.25, -0.2) is 0 Å². The number of carbonyl (C=O) groups excluding carboxylic acids is 1. The number of carbonyl (C=O) groups is 1. The molecule has 3 heteroatoms. The molecule has 1 unspecified atom stereocenters. The Balaban J connectivity index is 1.79. The van der Waals surface area contributed by atoms with Crippen molar-refractivity contribution in [3.8, 4) is 0 Å². The molecule has 0 aromatic heterocycles. The number of piperidine rings is 1. The average molecular weight is 274 g/mol. The van der Waals surface area contributed by atoms with Gasteiger partial charge >= 0.3 is 0 Å². The fourth-order valence-corrected chi connectivity index (χ4v) is 2.97. The van der Waals surface area contributed by atoms with Crippen molar-refractivity contribution in [1.82, 2.24) is 4.90 Å². The molecule has 1 aromatic carbocycles. The van der Waals surface area contributed by atoms with E-state index >= 15 is 0 Å². The number of nitrogens with one attached hydrogen (secondary N) is 1. The van der Waals surface area contributed by atoms with Gasteiger partial charge in [0.15, 0.2) is 0 Å². The van der Waals surface area contributed by atoms with Crippen LogP contribution in [0, 0.1) is 6.92 Å². The zero-order valence-electron chi connectivity index (χ0n) is 12.7. The molecule has 1 N–H and O–H groups in total. The fraction of sp³-hybridized carbons (Fsp3) is 0.588. The third-order valence-electron chi connectivity index (χ3n) is 4.10. The summed E-state index contributed by atoms with van der Waals surface area (Å²) in [6.07, 6.45) is 5.27. The zero-order chi connectivity index (χ0) is 14.4. The van der Waals surface area contributed by atoms with Crippen molar-refractivity contribution in [3.05, 3.63) is 29.8 Å². The molecular weight excluding hydrogens is 248 g/mol. The SMILES string of the molecule is CCC1CCCCN1C(=O)CCNc1cccc(C)c1. The second-order valence-corrected chi connectivity index (χ2v) is 5.69. The predicted molar refractivity (Wildman–Crippen MR) is 83.9 cm³/mol.